The maximum atomic E-state index is 12.9. The molecular formula is C17H20N4O3. The number of ether oxygens (including phenoxy) is 1. The van der Waals surface area contributed by atoms with E-state index in [1.807, 2.05) is 37.3 Å². The lowest BCUT2D eigenvalue weighted by molar-refractivity contribution is -0.144. The minimum absolute atomic E-state index is 0.0357. The van der Waals surface area contributed by atoms with E-state index >= 15 is 0 Å². The molecule has 1 aliphatic rings. The molecule has 0 N–H and O–H groups in total. The third-order valence-corrected chi connectivity index (χ3v) is 4.06. The minimum atomic E-state index is -0.212. The van der Waals surface area contributed by atoms with Crippen molar-refractivity contribution in [2.75, 3.05) is 26.8 Å². The Labute approximate surface area is 140 Å². The van der Waals surface area contributed by atoms with Crippen molar-refractivity contribution in [3.05, 3.63) is 47.8 Å². The number of nitrogens with zero attached hydrogens (tertiary/aromatic N) is 4. The lowest BCUT2D eigenvalue weighted by Gasteiger charge is -2.27. The zero-order valence-corrected chi connectivity index (χ0v) is 13.8. The highest BCUT2D eigenvalue weighted by atomic mass is 16.5. The van der Waals surface area contributed by atoms with Gasteiger partial charge in [-0.1, -0.05) is 18.2 Å². The number of hydrogen-bond donors (Lipinski definition) is 0. The molecule has 1 aromatic heterocycles. The summed E-state index contributed by atoms with van der Waals surface area (Å²) in [4.78, 5) is 25.0. The number of hydrogen-bond acceptors (Lipinski definition) is 4. The first-order valence-corrected chi connectivity index (χ1v) is 7.84. The third-order valence-electron chi connectivity index (χ3n) is 4.06. The molecule has 0 radical (unpaired) electrons. The van der Waals surface area contributed by atoms with Crippen molar-refractivity contribution in [2.24, 2.45) is 0 Å². The summed E-state index contributed by atoms with van der Waals surface area (Å²) in [6.45, 7) is 2.86. The van der Waals surface area contributed by atoms with Crippen molar-refractivity contribution in [1.82, 2.24) is 19.8 Å². The Morgan fingerprint density at radius 1 is 1.17 bits per heavy atom. The number of carbonyl (C=O) groups is 2. The topological polar surface area (TPSA) is 67.7 Å². The van der Waals surface area contributed by atoms with Crippen molar-refractivity contribution in [3.8, 4) is 5.69 Å². The number of methoxy groups -OCH3 is 1. The van der Waals surface area contributed by atoms with Gasteiger partial charge in [0.05, 0.1) is 23.1 Å². The lowest BCUT2D eigenvalue weighted by Crippen LogP contribution is -2.46. The maximum Gasteiger partial charge on any atom is 0.275 e. The molecule has 0 saturated carbocycles. The average molecular weight is 328 g/mol. The molecule has 1 saturated heterocycles. The summed E-state index contributed by atoms with van der Waals surface area (Å²) in [7, 11) is 1.47. The molecule has 2 amide bonds. The fraction of sp³-hybridized carbons (Fsp3) is 0.353. The Hall–Kier alpha value is -2.67. The molecule has 1 aromatic carbocycles. The van der Waals surface area contributed by atoms with Gasteiger partial charge in [-0.15, -0.1) is 0 Å². The molecule has 1 fully saturated rings. The Morgan fingerprint density at radius 3 is 2.58 bits per heavy atom. The van der Waals surface area contributed by atoms with Gasteiger partial charge in [0.15, 0.2) is 0 Å². The second-order valence-electron chi connectivity index (χ2n) is 5.62. The molecule has 24 heavy (non-hydrogen) atoms. The molecule has 126 valence electrons. The number of rotatable bonds is 4. The van der Waals surface area contributed by atoms with E-state index in [1.165, 1.54) is 17.1 Å². The van der Waals surface area contributed by atoms with Crippen LogP contribution >= 0.6 is 0 Å². The normalized spacial score (nSPS) is 14.2. The quantitative estimate of drug-likeness (QED) is 0.851. The van der Waals surface area contributed by atoms with Crippen LogP contribution in [-0.4, -0.2) is 58.4 Å². The van der Waals surface area contributed by atoms with Gasteiger partial charge < -0.3 is 4.74 Å². The molecule has 0 atom stereocenters. The fourth-order valence-electron chi connectivity index (χ4n) is 2.87. The Balaban J connectivity index is 1.85. The molecule has 3 rings (SSSR count). The Kier molecular flexibility index (Phi) is 4.61. The van der Waals surface area contributed by atoms with Crippen molar-refractivity contribution in [3.63, 3.8) is 0 Å². The van der Waals surface area contributed by atoms with Crippen LogP contribution in [0.1, 0.15) is 22.5 Å². The van der Waals surface area contributed by atoms with Crippen LogP contribution in [0.3, 0.4) is 0 Å². The molecule has 2 aromatic rings. The van der Waals surface area contributed by atoms with Gasteiger partial charge in [0.1, 0.15) is 6.61 Å². The SMILES string of the molecule is COCC(=O)N1CCCN1C(=O)c1cnn(-c2ccccc2)c1C. The highest BCUT2D eigenvalue weighted by molar-refractivity contribution is 5.96. The summed E-state index contributed by atoms with van der Waals surface area (Å²) in [6.07, 6.45) is 2.31. The first-order chi connectivity index (χ1) is 11.6. The smallest absolute Gasteiger partial charge is 0.275 e. The first kappa shape index (κ1) is 16.2. The lowest BCUT2D eigenvalue weighted by atomic mass is 10.2. The van der Waals surface area contributed by atoms with E-state index in [4.69, 9.17) is 4.74 Å². The standard InChI is InChI=1S/C17H20N4O3/c1-13-15(11-18-21(13)14-7-4-3-5-8-14)17(23)20-10-6-9-19(20)16(22)12-24-2/h3-5,7-8,11H,6,9-10,12H2,1-2H3. The fourth-order valence-corrected chi connectivity index (χ4v) is 2.87. The van der Waals surface area contributed by atoms with Gasteiger partial charge in [-0.25, -0.2) is 14.7 Å². The maximum absolute atomic E-state index is 12.9. The highest BCUT2D eigenvalue weighted by Gasteiger charge is 2.32. The van der Waals surface area contributed by atoms with Crippen LogP contribution < -0.4 is 0 Å². The zero-order valence-electron chi connectivity index (χ0n) is 13.8. The van der Waals surface area contributed by atoms with E-state index in [1.54, 1.807) is 10.9 Å². The van der Waals surface area contributed by atoms with Gasteiger partial charge in [0, 0.05) is 20.2 Å². The van der Waals surface area contributed by atoms with Crippen LogP contribution in [-0.2, 0) is 9.53 Å². The number of amides is 2. The first-order valence-electron chi connectivity index (χ1n) is 7.84. The average Bonchev–Trinajstić information content (AvgIpc) is 3.22. The van der Waals surface area contributed by atoms with Crippen LogP contribution in [0.5, 0.6) is 0 Å². The Morgan fingerprint density at radius 2 is 1.88 bits per heavy atom. The summed E-state index contributed by atoms with van der Waals surface area (Å²) >= 11 is 0. The van der Waals surface area contributed by atoms with E-state index in [9.17, 15) is 9.59 Å². The van der Waals surface area contributed by atoms with Crippen LogP contribution in [0, 0.1) is 6.92 Å². The summed E-state index contributed by atoms with van der Waals surface area (Å²) in [6, 6.07) is 9.63. The number of carbonyl (C=O) groups excluding carboxylic acids is 2. The van der Waals surface area contributed by atoms with Crippen LogP contribution in [0.2, 0.25) is 0 Å². The van der Waals surface area contributed by atoms with Gasteiger partial charge in [0.2, 0.25) is 0 Å². The predicted molar refractivity (Wildman–Crippen MR) is 87.5 cm³/mol. The molecule has 0 unspecified atom stereocenters. The van der Waals surface area contributed by atoms with Crippen molar-refractivity contribution in [2.45, 2.75) is 13.3 Å². The van der Waals surface area contributed by atoms with E-state index in [-0.39, 0.29) is 18.4 Å². The largest absolute Gasteiger partial charge is 0.375 e. The molecule has 0 aliphatic carbocycles. The molecule has 0 spiro atoms. The molecule has 1 aliphatic heterocycles. The summed E-state index contributed by atoms with van der Waals surface area (Å²) in [5, 5.41) is 7.28. The van der Waals surface area contributed by atoms with Gasteiger partial charge in [-0.05, 0) is 25.5 Å². The monoisotopic (exact) mass is 328 g/mol. The van der Waals surface area contributed by atoms with Gasteiger partial charge in [0.25, 0.3) is 11.8 Å². The van der Waals surface area contributed by atoms with Crippen molar-refractivity contribution < 1.29 is 14.3 Å². The molecule has 7 heteroatoms. The summed E-state index contributed by atoms with van der Waals surface area (Å²) in [5.74, 6) is -0.423. The van der Waals surface area contributed by atoms with Gasteiger partial charge in [-0.2, -0.15) is 5.10 Å². The van der Waals surface area contributed by atoms with E-state index in [2.05, 4.69) is 5.10 Å². The van der Waals surface area contributed by atoms with E-state index < -0.39 is 0 Å². The second-order valence-corrected chi connectivity index (χ2v) is 5.62. The van der Waals surface area contributed by atoms with E-state index in [0.717, 1.165) is 17.8 Å². The molecule has 7 nitrogen and oxygen atoms in total. The zero-order chi connectivity index (χ0) is 17.1. The minimum Gasteiger partial charge on any atom is -0.375 e. The van der Waals surface area contributed by atoms with E-state index in [0.29, 0.717) is 18.7 Å². The van der Waals surface area contributed by atoms with Crippen LogP contribution in [0.25, 0.3) is 5.69 Å². The summed E-state index contributed by atoms with van der Waals surface area (Å²) in [5.41, 5.74) is 2.14. The van der Waals surface area contributed by atoms with Crippen LogP contribution in [0.15, 0.2) is 36.5 Å². The Bertz CT molecular complexity index is 742. The highest BCUT2D eigenvalue weighted by Crippen LogP contribution is 2.19. The molecular weight excluding hydrogens is 308 g/mol. The predicted octanol–water partition coefficient (Wildman–Crippen LogP) is 1.42. The third kappa shape index (κ3) is 2.90. The van der Waals surface area contributed by atoms with Crippen LogP contribution in [0.4, 0.5) is 0 Å². The van der Waals surface area contributed by atoms with Crippen molar-refractivity contribution in [1.29, 1.82) is 0 Å². The van der Waals surface area contributed by atoms with Gasteiger partial charge >= 0.3 is 0 Å². The van der Waals surface area contributed by atoms with Crippen molar-refractivity contribution >= 4 is 11.8 Å². The molecule has 2 heterocycles. The van der Waals surface area contributed by atoms with Gasteiger partial charge in [-0.3, -0.25) is 9.59 Å². The molecule has 0 bridgehead atoms. The summed E-state index contributed by atoms with van der Waals surface area (Å²) < 4.78 is 6.62. The number of aromatic nitrogens is 2. The number of benzene rings is 1. The second kappa shape index (κ2) is 6.84. The number of para-hydroxylation sites is 1. The number of hydrazine groups is 1.